The predicted molar refractivity (Wildman–Crippen MR) is 75.6 cm³/mol. The van der Waals surface area contributed by atoms with E-state index in [2.05, 4.69) is 4.90 Å². The SMILES string of the molecule is Cc1ccc(Cl)cc1C(=O)N1CCN(CCO)CC1. The zero-order chi connectivity index (χ0) is 13.8. The highest BCUT2D eigenvalue weighted by Crippen LogP contribution is 2.18. The number of aliphatic hydroxyl groups excluding tert-OH is 1. The molecule has 4 nitrogen and oxygen atoms in total. The van der Waals surface area contributed by atoms with Crippen molar-refractivity contribution in [1.29, 1.82) is 0 Å². The summed E-state index contributed by atoms with van der Waals surface area (Å²) in [6.45, 7) is 5.79. The molecule has 1 aromatic rings. The maximum absolute atomic E-state index is 12.4. The third-order valence-electron chi connectivity index (χ3n) is 3.51. The number of benzene rings is 1. The third kappa shape index (κ3) is 3.47. The van der Waals surface area contributed by atoms with Crippen LogP contribution in [0.2, 0.25) is 5.02 Å². The van der Waals surface area contributed by atoms with Gasteiger partial charge in [0.15, 0.2) is 0 Å². The van der Waals surface area contributed by atoms with Gasteiger partial charge in [-0.2, -0.15) is 0 Å². The van der Waals surface area contributed by atoms with Gasteiger partial charge >= 0.3 is 0 Å². The fourth-order valence-electron chi connectivity index (χ4n) is 2.31. The van der Waals surface area contributed by atoms with Crippen LogP contribution in [0.1, 0.15) is 15.9 Å². The Hall–Kier alpha value is -1.10. The highest BCUT2D eigenvalue weighted by molar-refractivity contribution is 6.31. The van der Waals surface area contributed by atoms with Gasteiger partial charge in [-0.05, 0) is 24.6 Å². The van der Waals surface area contributed by atoms with Crippen molar-refractivity contribution in [2.45, 2.75) is 6.92 Å². The fraction of sp³-hybridized carbons (Fsp3) is 0.500. The number of aryl methyl sites for hydroxylation is 1. The molecule has 0 atom stereocenters. The Kier molecular flexibility index (Phi) is 4.80. The molecule has 1 aliphatic rings. The number of carbonyl (C=O) groups excluding carboxylic acids is 1. The van der Waals surface area contributed by atoms with Crippen molar-refractivity contribution in [3.8, 4) is 0 Å². The zero-order valence-electron chi connectivity index (χ0n) is 11.1. The van der Waals surface area contributed by atoms with Crippen molar-refractivity contribution >= 4 is 17.5 Å². The quantitative estimate of drug-likeness (QED) is 0.911. The Morgan fingerprint density at radius 2 is 2.00 bits per heavy atom. The van der Waals surface area contributed by atoms with Gasteiger partial charge in [-0.3, -0.25) is 9.69 Å². The first-order chi connectivity index (χ1) is 9.11. The number of nitrogens with zero attached hydrogens (tertiary/aromatic N) is 2. The van der Waals surface area contributed by atoms with Crippen LogP contribution in [0.15, 0.2) is 18.2 Å². The van der Waals surface area contributed by atoms with Crippen molar-refractivity contribution in [3.05, 3.63) is 34.3 Å². The van der Waals surface area contributed by atoms with Crippen molar-refractivity contribution in [2.24, 2.45) is 0 Å². The first-order valence-corrected chi connectivity index (χ1v) is 6.88. The number of rotatable bonds is 3. The molecule has 0 radical (unpaired) electrons. The maximum atomic E-state index is 12.4. The van der Waals surface area contributed by atoms with Crippen LogP contribution >= 0.6 is 11.6 Å². The number of piperazine rings is 1. The number of hydrogen-bond donors (Lipinski definition) is 1. The van der Waals surface area contributed by atoms with Crippen molar-refractivity contribution in [3.63, 3.8) is 0 Å². The molecule has 0 spiro atoms. The molecule has 1 N–H and O–H groups in total. The molecule has 1 heterocycles. The van der Waals surface area contributed by atoms with Gasteiger partial charge < -0.3 is 10.0 Å². The molecule has 1 fully saturated rings. The van der Waals surface area contributed by atoms with Crippen molar-refractivity contribution < 1.29 is 9.90 Å². The summed E-state index contributed by atoms with van der Waals surface area (Å²) < 4.78 is 0. The topological polar surface area (TPSA) is 43.8 Å². The minimum absolute atomic E-state index is 0.0450. The van der Waals surface area contributed by atoms with E-state index in [9.17, 15) is 4.79 Å². The van der Waals surface area contributed by atoms with E-state index >= 15 is 0 Å². The van der Waals surface area contributed by atoms with Crippen molar-refractivity contribution in [1.82, 2.24) is 9.80 Å². The predicted octanol–water partition coefficient (Wildman–Crippen LogP) is 1.40. The Morgan fingerprint density at radius 1 is 1.32 bits per heavy atom. The molecule has 5 heteroatoms. The smallest absolute Gasteiger partial charge is 0.254 e. The molecule has 1 saturated heterocycles. The Bertz CT molecular complexity index is 457. The Morgan fingerprint density at radius 3 is 2.63 bits per heavy atom. The molecule has 1 amide bonds. The summed E-state index contributed by atoms with van der Waals surface area (Å²) in [5.41, 5.74) is 1.63. The third-order valence-corrected chi connectivity index (χ3v) is 3.74. The molecular weight excluding hydrogens is 264 g/mol. The van der Waals surface area contributed by atoms with E-state index in [0.29, 0.717) is 30.2 Å². The molecule has 0 aliphatic carbocycles. The first kappa shape index (κ1) is 14.3. The molecule has 2 rings (SSSR count). The lowest BCUT2D eigenvalue weighted by atomic mass is 10.1. The summed E-state index contributed by atoms with van der Waals surface area (Å²) in [6, 6.07) is 5.41. The molecule has 1 aliphatic heterocycles. The minimum Gasteiger partial charge on any atom is -0.395 e. The van der Waals surface area contributed by atoms with Gasteiger partial charge in [0, 0.05) is 43.3 Å². The maximum Gasteiger partial charge on any atom is 0.254 e. The van der Waals surface area contributed by atoms with E-state index < -0.39 is 0 Å². The normalized spacial score (nSPS) is 16.7. The summed E-state index contributed by atoms with van der Waals surface area (Å²) in [5.74, 6) is 0.0450. The summed E-state index contributed by atoms with van der Waals surface area (Å²) in [6.07, 6.45) is 0. The molecule has 19 heavy (non-hydrogen) atoms. The molecule has 0 saturated carbocycles. The average Bonchev–Trinajstić information content (AvgIpc) is 2.42. The number of halogens is 1. The number of carbonyl (C=O) groups is 1. The van der Waals surface area contributed by atoms with Crippen LogP contribution in [0.4, 0.5) is 0 Å². The van der Waals surface area contributed by atoms with Crippen LogP contribution < -0.4 is 0 Å². The van der Waals surface area contributed by atoms with Crippen LogP contribution in [0.25, 0.3) is 0 Å². The van der Waals surface area contributed by atoms with E-state index in [1.165, 1.54) is 0 Å². The largest absolute Gasteiger partial charge is 0.395 e. The highest BCUT2D eigenvalue weighted by atomic mass is 35.5. The molecule has 0 aromatic heterocycles. The van der Waals surface area contributed by atoms with Crippen LogP contribution in [0.3, 0.4) is 0 Å². The molecule has 0 bridgehead atoms. The molecule has 0 unspecified atom stereocenters. The van der Waals surface area contributed by atoms with Gasteiger partial charge in [-0.25, -0.2) is 0 Å². The van der Waals surface area contributed by atoms with Crippen LogP contribution in [-0.4, -0.2) is 60.1 Å². The van der Waals surface area contributed by atoms with Gasteiger partial charge in [0.25, 0.3) is 5.91 Å². The van der Waals surface area contributed by atoms with Gasteiger partial charge in [0.05, 0.1) is 6.61 Å². The monoisotopic (exact) mass is 282 g/mol. The summed E-state index contributed by atoms with van der Waals surface area (Å²) in [4.78, 5) is 16.5. The lowest BCUT2D eigenvalue weighted by Gasteiger charge is -2.34. The second kappa shape index (κ2) is 6.37. The lowest BCUT2D eigenvalue weighted by Crippen LogP contribution is -2.49. The van der Waals surface area contributed by atoms with E-state index in [0.717, 1.165) is 18.7 Å². The van der Waals surface area contributed by atoms with Gasteiger partial charge in [-0.15, -0.1) is 0 Å². The molecule has 1 aromatic carbocycles. The van der Waals surface area contributed by atoms with Crippen LogP contribution in [0, 0.1) is 6.92 Å². The highest BCUT2D eigenvalue weighted by Gasteiger charge is 2.22. The Balaban J connectivity index is 2.03. The number of hydrogen-bond acceptors (Lipinski definition) is 3. The zero-order valence-corrected chi connectivity index (χ0v) is 11.9. The summed E-state index contributed by atoms with van der Waals surface area (Å²) in [5, 5.41) is 9.49. The van der Waals surface area contributed by atoms with E-state index in [1.54, 1.807) is 12.1 Å². The molecule has 104 valence electrons. The van der Waals surface area contributed by atoms with E-state index in [1.807, 2.05) is 17.9 Å². The van der Waals surface area contributed by atoms with Crippen LogP contribution in [0.5, 0.6) is 0 Å². The Labute approximate surface area is 118 Å². The van der Waals surface area contributed by atoms with Gasteiger partial charge in [0.2, 0.25) is 0 Å². The summed E-state index contributed by atoms with van der Waals surface area (Å²) in [7, 11) is 0. The van der Waals surface area contributed by atoms with E-state index in [4.69, 9.17) is 16.7 Å². The van der Waals surface area contributed by atoms with Gasteiger partial charge in [-0.1, -0.05) is 17.7 Å². The number of β-amino-alcohol motifs (C(OH)–C–C–N with tert-alkyl or cyclic N) is 1. The lowest BCUT2D eigenvalue weighted by molar-refractivity contribution is 0.0614. The fourth-order valence-corrected chi connectivity index (χ4v) is 2.48. The minimum atomic E-state index is 0.0450. The summed E-state index contributed by atoms with van der Waals surface area (Å²) >= 11 is 5.96. The van der Waals surface area contributed by atoms with E-state index in [-0.39, 0.29) is 12.5 Å². The van der Waals surface area contributed by atoms with Gasteiger partial charge in [0.1, 0.15) is 0 Å². The number of amides is 1. The van der Waals surface area contributed by atoms with Crippen molar-refractivity contribution in [2.75, 3.05) is 39.3 Å². The second-order valence-corrected chi connectivity index (χ2v) is 5.25. The first-order valence-electron chi connectivity index (χ1n) is 6.50. The van der Waals surface area contributed by atoms with Crippen LogP contribution in [-0.2, 0) is 0 Å². The number of aliphatic hydroxyl groups is 1. The standard InChI is InChI=1S/C14H19ClN2O2/c1-11-2-3-12(15)10-13(11)14(19)17-6-4-16(5-7-17)8-9-18/h2-3,10,18H,4-9H2,1H3. The second-order valence-electron chi connectivity index (χ2n) is 4.82. The molecular formula is C14H19ClN2O2. The average molecular weight is 283 g/mol.